The average Bonchev–Trinajstić information content (AvgIpc) is 3.27. The Bertz CT molecular complexity index is 1520. The van der Waals surface area contributed by atoms with Gasteiger partial charge in [0.05, 0.1) is 29.0 Å². The number of nitrogens with zero attached hydrogens (tertiary/aromatic N) is 4. The minimum atomic E-state index is -3.64. The Labute approximate surface area is 264 Å². The molecule has 3 fully saturated rings. The fraction of sp³-hybridized carbons (Fsp3) is 0.677. The van der Waals surface area contributed by atoms with Crippen LogP contribution in [0.2, 0.25) is 0 Å². The lowest BCUT2D eigenvalue weighted by Gasteiger charge is -2.35. The van der Waals surface area contributed by atoms with E-state index < -0.39 is 33.7 Å². The van der Waals surface area contributed by atoms with Gasteiger partial charge in [0.25, 0.3) is 0 Å². The summed E-state index contributed by atoms with van der Waals surface area (Å²) in [6, 6.07) is 6.09. The third-order valence-electron chi connectivity index (χ3n) is 8.97. The van der Waals surface area contributed by atoms with Gasteiger partial charge in [0.15, 0.2) is 0 Å². The summed E-state index contributed by atoms with van der Waals surface area (Å²) in [6.07, 6.45) is 1.99. The van der Waals surface area contributed by atoms with Crippen LogP contribution in [0.1, 0.15) is 82.4 Å². The topological polar surface area (TPSA) is 163 Å². The molecule has 2 aromatic rings. The van der Waals surface area contributed by atoms with Gasteiger partial charge in [0.1, 0.15) is 5.60 Å². The number of hydrogen-bond donors (Lipinski definition) is 3. The Balaban J connectivity index is 1.09. The van der Waals surface area contributed by atoms with Crippen molar-refractivity contribution in [2.75, 3.05) is 38.5 Å². The van der Waals surface area contributed by atoms with Crippen LogP contribution in [0.25, 0.3) is 10.9 Å². The predicted octanol–water partition coefficient (Wildman–Crippen LogP) is 1.95. The molecule has 0 bridgehead atoms. The second-order valence-corrected chi connectivity index (χ2v) is 15.6. The molecule has 3 aliphatic heterocycles. The molecule has 5 rings (SSSR count). The Morgan fingerprint density at radius 2 is 1.80 bits per heavy atom. The van der Waals surface area contributed by atoms with Gasteiger partial charge in [-0.25, -0.2) is 17.5 Å². The van der Waals surface area contributed by atoms with Crippen LogP contribution < -0.4 is 10.6 Å². The summed E-state index contributed by atoms with van der Waals surface area (Å²) < 4.78 is 34.6. The maximum Gasteiger partial charge on any atom is 0.407 e. The van der Waals surface area contributed by atoms with Crippen molar-refractivity contribution in [3.63, 3.8) is 0 Å². The molecule has 3 aliphatic rings. The van der Waals surface area contributed by atoms with E-state index in [-0.39, 0.29) is 36.7 Å². The number of aliphatic hydroxyl groups is 1. The second-order valence-electron chi connectivity index (χ2n) is 13.6. The van der Waals surface area contributed by atoms with E-state index >= 15 is 0 Å². The number of sulfonamides is 1. The van der Waals surface area contributed by atoms with Crippen LogP contribution in [0.4, 0.5) is 4.79 Å². The summed E-state index contributed by atoms with van der Waals surface area (Å²) in [5.74, 6) is -0.996. The molecule has 0 saturated carbocycles. The van der Waals surface area contributed by atoms with Gasteiger partial charge >= 0.3 is 6.09 Å². The van der Waals surface area contributed by atoms with Crippen LogP contribution >= 0.6 is 0 Å². The lowest BCUT2D eigenvalue weighted by Crippen LogP contribution is -2.49. The highest BCUT2D eigenvalue weighted by atomic mass is 32.2. The van der Waals surface area contributed by atoms with Crippen LogP contribution in [0, 0.1) is 0 Å². The molecule has 2 unspecified atom stereocenters. The van der Waals surface area contributed by atoms with Crippen molar-refractivity contribution in [3.8, 4) is 0 Å². The fourth-order valence-electron chi connectivity index (χ4n) is 6.67. The van der Waals surface area contributed by atoms with Crippen molar-refractivity contribution < 1.29 is 32.6 Å². The molecule has 3 saturated heterocycles. The number of nitrogens with one attached hydrogen (secondary N) is 2. The SMILES string of the molecule is Cn1nc(C2CCC(=O)NC2=O)c2ccc(C3CCN(CC(O)CS(=O)(=O)N4CCC(NC(=O)OC(C)(C)C)CC4)CC3)cc21. The standard InChI is InChI=1S/C31H46N6O7S/c1-31(2,3)44-30(41)32-22-11-15-37(16-12-22)45(42,43)19-23(38)18-36-13-9-20(10-14-36)21-5-6-24-26(17-21)35(4)34-28(24)25-7-8-27(39)33-29(25)40/h5-6,17,20,22-23,25,38H,7-16,18-19H2,1-4H3,(H,32,41)(H,33,39,40). The summed E-state index contributed by atoms with van der Waals surface area (Å²) >= 11 is 0. The molecular weight excluding hydrogens is 600 g/mol. The van der Waals surface area contributed by atoms with E-state index in [0.717, 1.165) is 36.8 Å². The number of piperidine rings is 3. The highest BCUT2D eigenvalue weighted by Crippen LogP contribution is 2.34. The van der Waals surface area contributed by atoms with Crippen LogP contribution in [0.3, 0.4) is 0 Å². The number of aromatic nitrogens is 2. The number of fused-ring (bicyclic) bond motifs is 1. The van der Waals surface area contributed by atoms with Crippen LogP contribution in [-0.2, 0) is 31.4 Å². The third-order valence-corrected chi connectivity index (χ3v) is 10.9. The number of imide groups is 1. The van der Waals surface area contributed by atoms with E-state index in [1.165, 1.54) is 9.87 Å². The molecular formula is C31H46N6O7S. The largest absolute Gasteiger partial charge is 0.444 e. The summed E-state index contributed by atoms with van der Waals surface area (Å²) in [5.41, 5.74) is 2.23. The molecule has 3 amide bonds. The zero-order valence-electron chi connectivity index (χ0n) is 26.6. The summed E-state index contributed by atoms with van der Waals surface area (Å²) in [7, 11) is -1.78. The van der Waals surface area contributed by atoms with Crippen molar-refractivity contribution in [2.45, 2.75) is 88.9 Å². The van der Waals surface area contributed by atoms with Crippen molar-refractivity contribution in [3.05, 3.63) is 29.5 Å². The molecule has 14 heteroatoms. The Morgan fingerprint density at radius 3 is 2.44 bits per heavy atom. The van der Waals surface area contributed by atoms with Gasteiger partial charge in [-0.15, -0.1) is 0 Å². The van der Waals surface area contributed by atoms with Crippen molar-refractivity contribution in [1.82, 2.24) is 29.6 Å². The van der Waals surface area contributed by atoms with Crippen molar-refractivity contribution >= 4 is 38.8 Å². The molecule has 1 aromatic heterocycles. The number of β-amino-alcohol motifs (C(OH)–C–C–N with tert-alkyl or cyclic N) is 1. The molecule has 0 spiro atoms. The van der Waals surface area contributed by atoms with E-state index in [2.05, 4.69) is 32.8 Å². The number of alkyl carbamates (subject to hydrolysis) is 1. The first-order valence-corrected chi connectivity index (χ1v) is 17.5. The number of aliphatic hydroxyl groups excluding tert-OH is 1. The molecule has 0 radical (unpaired) electrons. The molecule has 13 nitrogen and oxygen atoms in total. The number of amides is 3. The zero-order chi connectivity index (χ0) is 32.5. The van der Waals surface area contributed by atoms with E-state index in [1.54, 1.807) is 25.5 Å². The maximum atomic E-state index is 13.1. The number of rotatable bonds is 8. The fourth-order valence-corrected chi connectivity index (χ4v) is 8.24. The highest BCUT2D eigenvalue weighted by Gasteiger charge is 2.34. The summed E-state index contributed by atoms with van der Waals surface area (Å²) in [6.45, 7) is 7.73. The number of ether oxygens (including phenoxy) is 1. The molecule has 3 N–H and O–H groups in total. The van der Waals surface area contributed by atoms with Gasteiger partial charge in [-0.2, -0.15) is 5.10 Å². The first-order chi connectivity index (χ1) is 21.2. The monoisotopic (exact) mass is 646 g/mol. The lowest BCUT2D eigenvalue weighted by molar-refractivity contribution is -0.134. The highest BCUT2D eigenvalue weighted by molar-refractivity contribution is 7.89. The van der Waals surface area contributed by atoms with Gasteiger partial charge in [-0.1, -0.05) is 12.1 Å². The Hall–Kier alpha value is -3.07. The molecule has 0 aliphatic carbocycles. The number of benzene rings is 1. The van der Waals surface area contributed by atoms with E-state index in [9.17, 15) is 27.9 Å². The quantitative estimate of drug-likeness (QED) is 0.364. The molecule has 4 heterocycles. The smallest absolute Gasteiger partial charge is 0.407 e. The minimum absolute atomic E-state index is 0.150. The molecule has 45 heavy (non-hydrogen) atoms. The van der Waals surface area contributed by atoms with Gasteiger partial charge in [-0.05, 0) is 83.5 Å². The van der Waals surface area contributed by atoms with Gasteiger partial charge in [-0.3, -0.25) is 19.6 Å². The van der Waals surface area contributed by atoms with Gasteiger partial charge in [0, 0.05) is 44.5 Å². The molecule has 248 valence electrons. The first kappa shape index (κ1) is 33.3. The minimum Gasteiger partial charge on any atom is -0.444 e. The molecule has 2 atom stereocenters. The number of carbonyl (C=O) groups excluding carboxylic acids is 3. The predicted molar refractivity (Wildman–Crippen MR) is 168 cm³/mol. The number of likely N-dealkylation sites (tertiary alicyclic amines) is 1. The third kappa shape index (κ3) is 8.21. The van der Waals surface area contributed by atoms with E-state index in [4.69, 9.17) is 4.74 Å². The first-order valence-electron chi connectivity index (χ1n) is 15.9. The zero-order valence-corrected chi connectivity index (χ0v) is 27.4. The second kappa shape index (κ2) is 13.3. The lowest BCUT2D eigenvalue weighted by atomic mass is 9.87. The summed E-state index contributed by atoms with van der Waals surface area (Å²) in [4.78, 5) is 38.2. The summed E-state index contributed by atoms with van der Waals surface area (Å²) in [5, 5.41) is 21.5. The number of aryl methyl sites for hydroxylation is 1. The van der Waals surface area contributed by atoms with Gasteiger partial charge < -0.3 is 20.1 Å². The van der Waals surface area contributed by atoms with Gasteiger partial charge in [0.2, 0.25) is 21.8 Å². The van der Waals surface area contributed by atoms with Crippen LogP contribution in [0.5, 0.6) is 0 Å². The van der Waals surface area contributed by atoms with Crippen LogP contribution in [0.15, 0.2) is 18.2 Å². The van der Waals surface area contributed by atoms with Crippen molar-refractivity contribution in [1.29, 1.82) is 0 Å². The number of carbonyl (C=O) groups is 3. The average molecular weight is 647 g/mol. The number of hydrogen-bond acceptors (Lipinski definition) is 9. The molecule has 1 aromatic carbocycles. The maximum absolute atomic E-state index is 13.1. The van der Waals surface area contributed by atoms with E-state index in [0.29, 0.717) is 43.8 Å². The Morgan fingerprint density at radius 1 is 1.11 bits per heavy atom. The van der Waals surface area contributed by atoms with E-state index in [1.807, 2.05) is 13.1 Å². The van der Waals surface area contributed by atoms with Crippen molar-refractivity contribution in [2.24, 2.45) is 7.05 Å². The Kier molecular flexibility index (Phi) is 9.87. The normalized spacial score (nSPS) is 22.4. The van der Waals surface area contributed by atoms with Crippen LogP contribution in [-0.4, -0.2) is 107 Å².